The van der Waals surface area contributed by atoms with Crippen molar-refractivity contribution in [3.63, 3.8) is 0 Å². The van der Waals surface area contributed by atoms with Gasteiger partial charge in [-0.1, -0.05) is 19.9 Å². The number of phenols is 1. The van der Waals surface area contributed by atoms with Gasteiger partial charge in [-0.05, 0) is 55.2 Å². The van der Waals surface area contributed by atoms with Gasteiger partial charge in [0, 0.05) is 12.5 Å². The molecule has 1 aromatic carbocycles. The van der Waals surface area contributed by atoms with Crippen molar-refractivity contribution in [2.24, 2.45) is 17.8 Å². The molecule has 7 nitrogen and oxygen atoms in total. The highest BCUT2D eigenvalue weighted by Crippen LogP contribution is 2.37. The van der Waals surface area contributed by atoms with Crippen LogP contribution in [0.4, 0.5) is 18.9 Å². The lowest BCUT2D eigenvalue weighted by Gasteiger charge is -2.38. The highest BCUT2D eigenvalue weighted by Gasteiger charge is 2.38. The molecule has 0 saturated carbocycles. The molecule has 1 aromatic rings. The van der Waals surface area contributed by atoms with Crippen molar-refractivity contribution in [3.8, 4) is 5.75 Å². The van der Waals surface area contributed by atoms with E-state index in [0.717, 1.165) is 6.42 Å². The molecule has 3 N–H and O–H groups in total. The first-order valence-corrected chi connectivity index (χ1v) is 11.8. The molecule has 0 radical (unpaired) electrons. The Kier molecular flexibility index (Phi) is 7.04. The summed E-state index contributed by atoms with van der Waals surface area (Å²) in [5, 5.41) is 13.3. The molecule has 11 heteroatoms. The number of hydrogen-bond acceptors (Lipinski definition) is 5. The molecule has 0 aromatic heterocycles. The predicted octanol–water partition coefficient (Wildman–Crippen LogP) is 2.55. The molecule has 0 bridgehead atoms. The minimum absolute atomic E-state index is 0.0215. The van der Waals surface area contributed by atoms with E-state index in [1.54, 1.807) is 4.72 Å². The third-order valence-electron chi connectivity index (χ3n) is 5.83. The lowest BCUT2D eigenvalue weighted by atomic mass is 9.77. The van der Waals surface area contributed by atoms with Crippen LogP contribution >= 0.6 is 0 Å². The molecule has 2 saturated heterocycles. The Morgan fingerprint density at radius 2 is 1.97 bits per heavy atom. The van der Waals surface area contributed by atoms with Crippen LogP contribution < -0.4 is 14.3 Å². The summed E-state index contributed by atoms with van der Waals surface area (Å²) in [5.41, 5.74) is -0.362. The van der Waals surface area contributed by atoms with Crippen molar-refractivity contribution in [1.82, 2.24) is 10.0 Å². The van der Waals surface area contributed by atoms with Crippen molar-refractivity contribution in [2.75, 3.05) is 17.4 Å². The van der Waals surface area contributed by atoms with Crippen LogP contribution in [0.5, 0.6) is 5.75 Å². The highest BCUT2D eigenvalue weighted by atomic mass is 32.2. The van der Waals surface area contributed by atoms with Crippen LogP contribution in [0.2, 0.25) is 0 Å². The summed E-state index contributed by atoms with van der Waals surface area (Å²) < 4.78 is 67.6. The number of nitrogens with one attached hydrogen (secondary N) is 2. The second-order valence-electron chi connectivity index (χ2n) is 8.78. The first-order chi connectivity index (χ1) is 14.5. The SMILES string of the molecule is CC(C)CC1CC(Cc2ccc(O)c(N3CC(=O)NS3(=O)=O)c2F)CN[C@H]1CC(F)F. The molecule has 3 atom stereocenters. The number of anilines is 1. The lowest BCUT2D eigenvalue weighted by Crippen LogP contribution is -2.47. The number of piperidine rings is 1. The fraction of sp³-hybridized carbons (Fsp3) is 0.650. The van der Waals surface area contributed by atoms with Crippen LogP contribution in [0.1, 0.15) is 38.7 Å². The topological polar surface area (TPSA) is 98.7 Å². The quantitative estimate of drug-likeness (QED) is 0.577. The maximum atomic E-state index is 15.2. The van der Waals surface area contributed by atoms with E-state index in [4.69, 9.17) is 0 Å². The molecule has 0 spiro atoms. The lowest BCUT2D eigenvalue weighted by molar-refractivity contribution is -0.117. The van der Waals surface area contributed by atoms with Crippen molar-refractivity contribution in [1.29, 1.82) is 0 Å². The molecule has 2 heterocycles. The zero-order chi connectivity index (χ0) is 22.9. The van der Waals surface area contributed by atoms with Gasteiger partial charge in [0.2, 0.25) is 6.43 Å². The van der Waals surface area contributed by atoms with Crippen LogP contribution in [-0.4, -0.2) is 45.0 Å². The maximum Gasteiger partial charge on any atom is 0.326 e. The number of carbonyl (C=O) groups is 1. The summed E-state index contributed by atoms with van der Waals surface area (Å²) >= 11 is 0. The van der Waals surface area contributed by atoms with Gasteiger partial charge in [0.1, 0.15) is 18.0 Å². The van der Waals surface area contributed by atoms with Gasteiger partial charge >= 0.3 is 10.2 Å². The average molecular weight is 464 g/mol. The Morgan fingerprint density at radius 1 is 1.26 bits per heavy atom. The van der Waals surface area contributed by atoms with E-state index in [2.05, 4.69) is 5.32 Å². The fourth-order valence-electron chi connectivity index (χ4n) is 4.60. The first-order valence-electron chi connectivity index (χ1n) is 10.3. The second-order valence-corrected chi connectivity index (χ2v) is 10.4. The molecule has 2 unspecified atom stereocenters. The van der Waals surface area contributed by atoms with Gasteiger partial charge in [-0.15, -0.1) is 0 Å². The fourth-order valence-corrected chi connectivity index (χ4v) is 5.76. The third-order valence-corrected chi connectivity index (χ3v) is 7.21. The van der Waals surface area contributed by atoms with Crippen LogP contribution in [0.15, 0.2) is 12.1 Å². The number of benzene rings is 1. The van der Waals surface area contributed by atoms with E-state index in [0.29, 0.717) is 23.2 Å². The van der Waals surface area contributed by atoms with Gasteiger partial charge < -0.3 is 10.4 Å². The predicted molar refractivity (Wildman–Crippen MR) is 110 cm³/mol. The molecule has 0 aliphatic carbocycles. The number of phenolic OH excluding ortho intramolecular Hbond substituents is 1. The zero-order valence-electron chi connectivity index (χ0n) is 17.4. The van der Waals surface area contributed by atoms with Gasteiger partial charge in [-0.3, -0.25) is 4.79 Å². The molecular formula is C20H28F3N3O4S. The van der Waals surface area contributed by atoms with Crippen molar-refractivity contribution < 1.29 is 31.5 Å². The summed E-state index contributed by atoms with van der Waals surface area (Å²) in [5.74, 6) is -2.00. The van der Waals surface area contributed by atoms with Crippen LogP contribution in [-0.2, 0) is 21.4 Å². The van der Waals surface area contributed by atoms with E-state index in [-0.39, 0.29) is 36.3 Å². The number of alkyl halides is 2. The van der Waals surface area contributed by atoms with E-state index in [9.17, 15) is 27.1 Å². The average Bonchev–Trinajstić information content (AvgIpc) is 2.91. The monoisotopic (exact) mass is 463 g/mol. The Hall–Kier alpha value is -2.01. The van der Waals surface area contributed by atoms with Gasteiger partial charge in [0.05, 0.1) is 0 Å². The largest absolute Gasteiger partial charge is 0.506 e. The molecular weight excluding hydrogens is 435 g/mol. The molecule has 2 aliphatic rings. The number of carbonyl (C=O) groups excluding carboxylic acids is 1. The summed E-state index contributed by atoms with van der Waals surface area (Å²) in [7, 11) is -4.27. The van der Waals surface area contributed by atoms with E-state index < -0.39 is 46.3 Å². The third kappa shape index (κ3) is 5.43. The van der Waals surface area contributed by atoms with Crippen molar-refractivity contribution in [3.05, 3.63) is 23.5 Å². The minimum atomic E-state index is -4.27. The van der Waals surface area contributed by atoms with E-state index in [1.165, 1.54) is 12.1 Å². The number of hydrogen-bond donors (Lipinski definition) is 3. The number of halogens is 3. The second kappa shape index (κ2) is 9.23. The number of aromatic hydroxyl groups is 1. The smallest absolute Gasteiger partial charge is 0.326 e. The molecule has 1 amide bonds. The highest BCUT2D eigenvalue weighted by molar-refractivity contribution is 7.92. The normalized spacial score (nSPS) is 26.0. The van der Waals surface area contributed by atoms with Gasteiger partial charge in [0.25, 0.3) is 5.91 Å². The van der Waals surface area contributed by atoms with E-state index in [1.807, 2.05) is 13.8 Å². The number of amides is 1. The molecule has 31 heavy (non-hydrogen) atoms. The van der Waals surface area contributed by atoms with Gasteiger partial charge in [-0.25, -0.2) is 22.2 Å². The Bertz CT molecular complexity index is 926. The molecule has 174 valence electrons. The van der Waals surface area contributed by atoms with Crippen LogP contribution in [0.3, 0.4) is 0 Å². The Balaban J connectivity index is 1.81. The summed E-state index contributed by atoms with van der Waals surface area (Å²) in [6.07, 6.45) is -0.975. The van der Waals surface area contributed by atoms with Gasteiger partial charge in [-0.2, -0.15) is 8.42 Å². The van der Waals surface area contributed by atoms with Gasteiger partial charge in [0.15, 0.2) is 5.82 Å². The Morgan fingerprint density at radius 3 is 2.55 bits per heavy atom. The van der Waals surface area contributed by atoms with Crippen LogP contribution in [0.25, 0.3) is 0 Å². The number of rotatable bonds is 7. The minimum Gasteiger partial charge on any atom is -0.506 e. The summed E-state index contributed by atoms with van der Waals surface area (Å²) in [4.78, 5) is 11.5. The summed E-state index contributed by atoms with van der Waals surface area (Å²) in [6, 6.07) is 2.29. The molecule has 2 fully saturated rings. The molecule has 2 aliphatic heterocycles. The van der Waals surface area contributed by atoms with Crippen LogP contribution in [0, 0.1) is 23.6 Å². The van der Waals surface area contributed by atoms with Crippen molar-refractivity contribution >= 4 is 21.8 Å². The standard InChI is InChI=1S/C20H28F3N3O4S/c1-11(2)5-14-7-12(9-24-15(14)8-17(21)22)6-13-3-4-16(27)20(19(13)23)26-10-18(28)25-31(26,29)30/h3-4,11-12,14-15,17,24,27H,5-10H2,1-2H3,(H,25,28)/t12?,14?,15-/m0/s1. The molecule has 3 rings (SSSR count). The first kappa shape index (κ1) is 23.6. The number of nitrogens with zero attached hydrogens (tertiary/aromatic N) is 1. The summed E-state index contributed by atoms with van der Waals surface area (Å²) in [6.45, 7) is 3.87. The van der Waals surface area contributed by atoms with E-state index >= 15 is 4.39 Å². The maximum absolute atomic E-state index is 15.2. The zero-order valence-corrected chi connectivity index (χ0v) is 18.3. The van der Waals surface area contributed by atoms with Crippen molar-refractivity contribution in [2.45, 2.75) is 52.0 Å². The Labute approximate surface area is 180 Å².